The zero-order chi connectivity index (χ0) is 14.7. The van der Waals surface area contributed by atoms with Crippen LogP contribution < -0.4 is 0 Å². The van der Waals surface area contributed by atoms with Gasteiger partial charge in [-0.25, -0.2) is 9.37 Å². The average molecular weight is 284 g/mol. The number of carbonyl (C=O) groups excluding carboxylic acids is 2. The lowest BCUT2D eigenvalue weighted by Gasteiger charge is -2.31. The number of esters is 1. The van der Waals surface area contributed by atoms with E-state index in [1.165, 1.54) is 12.0 Å². The number of rotatable bonds is 2. The van der Waals surface area contributed by atoms with E-state index in [0.717, 1.165) is 12.3 Å². The van der Waals surface area contributed by atoms with E-state index >= 15 is 0 Å². The van der Waals surface area contributed by atoms with Crippen molar-refractivity contribution in [3.63, 3.8) is 0 Å². The number of pyridine rings is 1. The predicted molar refractivity (Wildman–Crippen MR) is 64.8 cm³/mol. The number of carbonyl (C=O) groups is 2. The highest BCUT2D eigenvalue weighted by atomic mass is 19.2. The van der Waals surface area contributed by atoms with Gasteiger partial charge in [0.25, 0.3) is 5.91 Å². The summed E-state index contributed by atoms with van der Waals surface area (Å²) in [6, 6.07) is 1.13. The van der Waals surface area contributed by atoms with E-state index in [1.807, 2.05) is 0 Å². The van der Waals surface area contributed by atoms with Crippen molar-refractivity contribution in [2.75, 3.05) is 20.2 Å². The first kappa shape index (κ1) is 14.4. The molecule has 1 saturated heterocycles. The van der Waals surface area contributed by atoms with Crippen molar-refractivity contribution in [1.29, 1.82) is 0 Å². The summed E-state index contributed by atoms with van der Waals surface area (Å²) in [7, 11) is 1.28. The van der Waals surface area contributed by atoms with Crippen LogP contribution in [-0.2, 0) is 9.53 Å². The SMILES string of the molecule is COC(=O)C1CCCN(C(=O)c2ccnc(F)c2F)C1. The lowest BCUT2D eigenvalue weighted by atomic mass is 9.97. The van der Waals surface area contributed by atoms with Crippen molar-refractivity contribution in [1.82, 2.24) is 9.88 Å². The topological polar surface area (TPSA) is 59.5 Å². The number of halogens is 2. The number of nitrogens with zero attached hydrogens (tertiary/aromatic N) is 2. The minimum Gasteiger partial charge on any atom is -0.469 e. The Bertz CT molecular complexity index is 536. The molecule has 1 amide bonds. The van der Waals surface area contributed by atoms with Gasteiger partial charge in [-0.05, 0) is 18.9 Å². The molecule has 1 unspecified atom stereocenters. The summed E-state index contributed by atoms with van der Waals surface area (Å²) >= 11 is 0. The minimum absolute atomic E-state index is 0.148. The number of likely N-dealkylation sites (tertiary alicyclic amines) is 1. The van der Waals surface area contributed by atoms with E-state index in [0.29, 0.717) is 19.4 Å². The van der Waals surface area contributed by atoms with E-state index in [4.69, 9.17) is 0 Å². The van der Waals surface area contributed by atoms with Crippen LogP contribution in [0, 0.1) is 17.7 Å². The van der Waals surface area contributed by atoms with Crippen molar-refractivity contribution in [2.24, 2.45) is 5.92 Å². The summed E-state index contributed by atoms with van der Waals surface area (Å²) in [6.45, 7) is 0.546. The van der Waals surface area contributed by atoms with Crippen molar-refractivity contribution in [3.8, 4) is 0 Å². The fraction of sp³-hybridized carbons (Fsp3) is 0.462. The van der Waals surface area contributed by atoms with Crippen LogP contribution in [0.4, 0.5) is 8.78 Å². The molecule has 2 heterocycles. The Morgan fingerprint density at radius 2 is 2.20 bits per heavy atom. The van der Waals surface area contributed by atoms with Crippen LogP contribution in [0.3, 0.4) is 0 Å². The Morgan fingerprint density at radius 3 is 2.90 bits per heavy atom. The standard InChI is InChI=1S/C13H14F2N2O3/c1-20-13(19)8-3-2-6-17(7-8)12(18)9-4-5-16-11(15)10(9)14/h4-5,8H,2-3,6-7H2,1H3. The molecule has 2 rings (SSSR count). The molecule has 7 heteroatoms. The number of aromatic nitrogens is 1. The molecule has 0 saturated carbocycles. The Kier molecular flexibility index (Phi) is 4.26. The zero-order valence-corrected chi connectivity index (χ0v) is 10.9. The van der Waals surface area contributed by atoms with E-state index in [2.05, 4.69) is 9.72 Å². The third-order valence-electron chi connectivity index (χ3n) is 3.32. The third-order valence-corrected chi connectivity index (χ3v) is 3.32. The van der Waals surface area contributed by atoms with Crippen LogP contribution in [0.1, 0.15) is 23.2 Å². The number of hydrogen-bond acceptors (Lipinski definition) is 4. The molecule has 5 nitrogen and oxygen atoms in total. The number of hydrogen-bond donors (Lipinski definition) is 0. The normalized spacial score (nSPS) is 18.8. The molecular weight excluding hydrogens is 270 g/mol. The molecule has 0 aliphatic carbocycles. The maximum Gasteiger partial charge on any atom is 0.310 e. The fourth-order valence-electron chi connectivity index (χ4n) is 2.27. The average Bonchev–Trinajstić information content (AvgIpc) is 2.48. The summed E-state index contributed by atoms with van der Waals surface area (Å²) in [5.74, 6) is -4.04. The summed E-state index contributed by atoms with van der Waals surface area (Å²) in [5, 5.41) is 0. The molecule has 1 aliphatic heterocycles. The van der Waals surface area contributed by atoms with E-state index < -0.39 is 29.6 Å². The molecule has 0 bridgehead atoms. The van der Waals surface area contributed by atoms with Crippen molar-refractivity contribution in [3.05, 3.63) is 29.6 Å². The highest BCUT2D eigenvalue weighted by Crippen LogP contribution is 2.21. The second-order valence-corrected chi connectivity index (χ2v) is 4.58. The Balaban J connectivity index is 2.16. The first-order chi connectivity index (χ1) is 9.54. The molecule has 1 atom stereocenters. The largest absolute Gasteiger partial charge is 0.469 e. The van der Waals surface area contributed by atoms with E-state index in [-0.39, 0.29) is 12.1 Å². The first-order valence-electron chi connectivity index (χ1n) is 6.21. The smallest absolute Gasteiger partial charge is 0.310 e. The van der Waals surface area contributed by atoms with Crippen molar-refractivity contribution < 1.29 is 23.1 Å². The molecule has 0 radical (unpaired) electrons. The maximum atomic E-state index is 13.6. The summed E-state index contributed by atoms with van der Waals surface area (Å²) in [5.41, 5.74) is -0.372. The summed E-state index contributed by atoms with van der Waals surface area (Å²) in [4.78, 5) is 28.1. The molecule has 0 aromatic carbocycles. The maximum absolute atomic E-state index is 13.6. The lowest BCUT2D eigenvalue weighted by molar-refractivity contribution is -0.146. The lowest BCUT2D eigenvalue weighted by Crippen LogP contribution is -2.43. The van der Waals surface area contributed by atoms with Crippen molar-refractivity contribution >= 4 is 11.9 Å². The minimum atomic E-state index is -1.31. The van der Waals surface area contributed by atoms with Gasteiger partial charge in [0.05, 0.1) is 18.6 Å². The van der Waals surface area contributed by atoms with Crippen LogP contribution in [0.25, 0.3) is 0 Å². The number of ether oxygens (including phenoxy) is 1. The van der Waals surface area contributed by atoms with Gasteiger partial charge in [0, 0.05) is 19.3 Å². The Morgan fingerprint density at radius 1 is 1.45 bits per heavy atom. The van der Waals surface area contributed by atoms with Crippen LogP contribution in [0.2, 0.25) is 0 Å². The Hall–Kier alpha value is -2.05. The van der Waals surface area contributed by atoms with Crippen LogP contribution in [0.5, 0.6) is 0 Å². The molecule has 1 fully saturated rings. The Labute approximate surface area is 114 Å². The monoisotopic (exact) mass is 284 g/mol. The molecule has 1 aromatic heterocycles. The number of piperidine rings is 1. The van der Waals surface area contributed by atoms with E-state index in [1.54, 1.807) is 0 Å². The van der Waals surface area contributed by atoms with Gasteiger partial charge in [-0.3, -0.25) is 9.59 Å². The molecule has 0 N–H and O–H groups in total. The summed E-state index contributed by atoms with van der Waals surface area (Å²) in [6.07, 6.45) is 2.26. The second kappa shape index (κ2) is 5.94. The van der Waals surface area contributed by atoms with Crippen molar-refractivity contribution in [2.45, 2.75) is 12.8 Å². The molecule has 20 heavy (non-hydrogen) atoms. The third kappa shape index (κ3) is 2.76. The fourth-order valence-corrected chi connectivity index (χ4v) is 2.27. The molecule has 1 aliphatic rings. The van der Waals surface area contributed by atoms with E-state index in [9.17, 15) is 18.4 Å². The number of amides is 1. The summed E-state index contributed by atoms with van der Waals surface area (Å²) < 4.78 is 31.2. The van der Waals surface area contributed by atoms with Gasteiger partial charge in [-0.1, -0.05) is 0 Å². The van der Waals surface area contributed by atoms with Gasteiger partial charge in [-0.2, -0.15) is 4.39 Å². The van der Waals surface area contributed by atoms with Gasteiger partial charge >= 0.3 is 5.97 Å². The highest BCUT2D eigenvalue weighted by molar-refractivity contribution is 5.94. The van der Waals surface area contributed by atoms with Gasteiger partial charge in [-0.15, -0.1) is 0 Å². The van der Waals surface area contributed by atoms with Gasteiger partial charge in [0.1, 0.15) is 0 Å². The zero-order valence-electron chi connectivity index (χ0n) is 10.9. The van der Waals surface area contributed by atoms with Gasteiger partial charge < -0.3 is 9.64 Å². The highest BCUT2D eigenvalue weighted by Gasteiger charge is 2.31. The van der Waals surface area contributed by atoms with Crippen LogP contribution in [0.15, 0.2) is 12.3 Å². The van der Waals surface area contributed by atoms with Gasteiger partial charge in [0.2, 0.25) is 5.95 Å². The molecular formula is C13H14F2N2O3. The number of methoxy groups -OCH3 is 1. The quantitative estimate of drug-likeness (QED) is 0.608. The second-order valence-electron chi connectivity index (χ2n) is 4.58. The first-order valence-corrected chi connectivity index (χ1v) is 6.21. The molecule has 1 aromatic rings. The van der Waals surface area contributed by atoms with Gasteiger partial charge in [0.15, 0.2) is 5.82 Å². The van der Waals surface area contributed by atoms with Crippen LogP contribution in [-0.4, -0.2) is 42.0 Å². The van der Waals surface area contributed by atoms with Crippen LogP contribution >= 0.6 is 0 Å². The molecule has 108 valence electrons. The molecule has 0 spiro atoms. The predicted octanol–water partition coefficient (Wildman–Crippen LogP) is 1.39.